The average molecular weight is 314 g/mol. The zero-order chi connectivity index (χ0) is 16.5. The van der Waals surface area contributed by atoms with E-state index in [-0.39, 0.29) is 12.5 Å². The fraction of sp³-hybridized carbons (Fsp3) is 0.278. The van der Waals surface area contributed by atoms with Gasteiger partial charge in [-0.15, -0.1) is 0 Å². The number of hydrogen-bond donors (Lipinski definition) is 2. The highest BCUT2D eigenvalue weighted by Gasteiger charge is 2.02. The minimum Gasteiger partial charge on any atom is -0.497 e. The second kappa shape index (κ2) is 8.68. The van der Waals surface area contributed by atoms with Crippen molar-refractivity contribution in [3.63, 3.8) is 0 Å². The topological polar surface area (TPSA) is 59.6 Å². The molecule has 0 radical (unpaired) electrons. The van der Waals surface area contributed by atoms with Gasteiger partial charge in [0.05, 0.1) is 20.3 Å². The van der Waals surface area contributed by atoms with Crippen LogP contribution in [0.2, 0.25) is 0 Å². The summed E-state index contributed by atoms with van der Waals surface area (Å²) in [6.07, 6.45) is 0. The number of nitrogens with one attached hydrogen (secondary N) is 2. The van der Waals surface area contributed by atoms with Crippen LogP contribution in [0.15, 0.2) is 48.5 Å². The van der Waals surface area contributed by atoms with Gasteiger partial charge in [-0.2, -0.15) is 0 Å². The normalized spacial score (nSPS) is 10.0. The molecule has 5 heteroatoms. The van der Waals surface area contributed by atoms with Crippen molar-refractivity contribution in [1.29, 1.82) is 0 Å². The van der Waals surface area contributed by atoms with Crippen molar-refractivity contribution in [2.24, 2.45) is 0 Å². The van der Waals surface area contributed by atoms with Crippen LogP contribution in [0, 0.1) is 0 Å². The molecule has 0 aliphatic carbocycles. The number of methoxy groups -OCH3 is 1. The number of carbonyl (C=O) groups excluding carboxylic acids is 1. The Labute approximate surface area is 136 Å². The van der Waals surface area contributed by atoms with Crippen LogP contribution in [-0.2, 0) is 11.3 Å². The van der Waals surface area contributed by atoms with Gasteiger partial charge in [0.25, 0.3) is 0 Å². The minimum absolute atomic E-state index is 0.0670. The molecule has 2 rings (SSSR count). The van der Waals surface area contributed by atoms with Crippen molar-refractivity contribution < 1.29 is 14.3 Å². The first-order chi connectivity index (χ1) is 11.2. The van der Waals surface area contributed by atoms with Gasteiger partial charge in [0.2, 0.25) is 5.91 Å². The zero-order valence-electron chi connectivity index (χ0n) is 13.5. The van der Waals surface area contributed by atoms with Gasteiger partial charge < -0.3 is 20.1 Å². The number of rotatable bonds is 8. The van der Waals surface area contributed by atoms with Gasteiger partial charge in [-0.05, 0) is 36.8 Å². The summed E-state index contributed by atoms with van der Waals surface area (Å²) in [7, 11) is 1.63. The minimum atomic E-state index is -0.0670. The summed E-state index contributed by atoms with van der Waals surface area (Å²) < 4.78 is 10.5. The third kappa shape index (κ3) is 5.54. The van der Waals surface area contributed by atoms with E-state index in [1.165, 1.54) is 0 Å². The molecular formula is C18H22N2O3. The van der Waals surface area contributed by atoms with Crippen LogP contribution < -0.4 is 20.1 Å². The molecular weight excluding hydrogens is 292 g/mol. The standard InChI is InChI=1S/C18H22N2O3/c1-3-23-17-6-4-5-15(11-17)19-13-18(21)20-12-14-7-9-16(22-2)10-8-14/h4-11,19H,3,12-13H2,1-2H3,(H,20,21). The molecule has 2 aromatic rings. The van der Waals surface area contributed by atoms with E-state index in [9.17, 15) is 4.79 Å². The summed E-state index contributed by atoms with van der Waals surface area (Å²) in [6, 6.07) is 15.2. The van der Waals surface area contributed by atoms with E-state index in [2.05, 4.69) is 10.6 Å². The molecule has 0 saturated carbocycles. The second-order valence-corrected chi connectivity index (χ2v) is 4.94. The Morgan fingerprint density at radius 2 is 1.87 bits per heavy atom. The molecule has 0 heterocycles. The first kappa shape index (κ1) is 16.7. The summed E-state index contributed by atoms with van der Waals surface area (Å²) in [6.45, 7) is 3.26. The smallest absolute Gasteiger partial charge is 0.239 e. The van der Waals surface area contributed by atoms with Crippen LogP contribution >= 0.6 is 0 Å². The molecule has 1 amide bonds. The van der Waals surface area contributed by atoms with Crippen LogP contribution in [0.5, 0.6) is 11.5 Å². The Morgan fingerprint density at radius 3 is 2.57 bits per heavy atom. The van der Waals surface area contributed by atoms with Gasteiger partial charge in [0.1, 0.15) is 11.5 Å². The summed E-state index contributed by atoms with van der Waals surface area (Å²) in [4.78, 5) is 11.9. The quantitative estimate of drug-likeness (QED) is 0.786. The van der Waals surface area contributed by atoms with E-state index in [0.29, 0.717) is 13.2 Å². The number of amides is 1. The molecule has 0 aromatic heterocycles. The highest BCUT2D eigenvalue weighted by Crippen LogP contribution is 2.17. The summed E-state index contributed by atoms with van der Waals surface area (Å²) in [5.41, 5.74) is 1.88. The molecule has 122 valence electrons. The number of hydrogen-bond acceptors (Lipinski definition) is 4. The zero-order valence-corrected chi connectivity index (χ0v) is 13.5. The molecule has 2 aromatic carbocycles. The van der Waals surface area contributed by atoms with Crippen molar-refractivity contribution in [3.8, 4) is 11.5 Å². The van der Waals surface area contributed by atoms with E-state index < -0.39 is 0 Å². The fourth-order valence-corrected chi connectivity index (χ4v) is 2.05. The molecule has 0 fully saturated rings. The largest absolute Gasteiger partial charge is 0.497 e. The Bertz CT molecular complexity index is 626. The SMILES string of the molecule is CCOc1cccc(NCC(=O)NCc2ccc(OC)cc2)c1. The van der Waals surface area contributed by atoms with Gasteiger partial charge in [0.15, 0.2) is 0 Å². The number of anilines is 1. The first-order valence-corrected chi connectivity index (χ1v) is 7.57. The molecule has 0 atom stereocenters. The third-order valence-corrected chi connectivity index (χ3v) is 3.25. The highest BCUT2D eigenvalue weighted by atomic mass is 16.5. The predicted molar refractivity (Wildman–Crippen MR) is 90.9 cm³/mol. The fourth-order valence-electron chi connectivity index (χ4n) is 2.05. The maximum absolute atomic E-state index is 11.9. The Hall–Kier alpha value is -2.69. The average Bonchev–Trinajstić information content (AvgIpc) is 2.59. The predicted octanol–water partition coefficient (Wildman–Crippen LogP) is 2.82. The first-order valence-electron chi connectivity index (χ1n) is 7.57. The van der Waals surface area contributed by atoms with Gasteiger partial charge >= 0.3 is 0 Å². The van der Waals surface area contributed by atoms with E-state index >= 15 is 0 Å². The highest BCUT2D eigenvalue weighted by molar-refractivity contribution is 5.80. The third-order valence-electron chi connectivity index (χ3n) is 3.25. The Kier molecular flexibility index (Phi) is 6.29. The number of ether oxygens (including phenoxy) is 2. The molecule has 0 spiro atoms. The van der Waals surface area contributed by atoms with Crippen molar-refractivity contribution in [3.05, 3.63) is 54.1 Å². The van der Waals surface area contributed by atoms with Crippen molar-refractivity contribution in [1.82, 2.24) is 5.32 Å². The molecule has 0 aliphatic heterocycles. The van der Waals surface area contributed by atoms with Gasteiger partial charge in [-0.25, -0.2) is 0 Å². The van der Waals surface area contributed by atoms with E-state index in [1.54, 1.807) is 7.11 Å². The van der Waals surface area contributed by atoms with Crippen LogP contribution in [0.1, 0.15) is 12.5 Å². The second-order valence-electron chi connectivity index (χ2n) is 4.94. The lowest BCUT2D eigenvalue weighted by molar-refractivity contribution is -0.119. The maximum atomic E-state index is 11.9. The van der Waals surface area contributed by atoms with Crippen molar-refractivity contribution in [2.75, 3.05) is 25.6 Å². The van der Waals surface area contributed by atoms with Gasteiger partial charge in [-0.1, -0.05) is 18.2 Å². The van der Waals surface area contributed by atoms with Gasteiger partial charge in [0, 0.05) is 18.3 Å². The lowest BCUT2D eigenvalue weighted by atomic mass is 10.2. The molecule has 0 unspecified atom stereocenters. The van der Waals surface area contributed by atoms with Crippen LogP contribution in [0.25, 0.3) is 0 Å². The van der Waals surface area contributed by atoms with Crippen LogP contribution in [-0.4, -0.2) is 26.2 Å². The van der Waals surface area contributed by atoms with Crippen molar-refractivity contribution in [2.45, 2.75) is 13.5 Å². The summed E-state index contributed by atoms with van der Waals surface area (Å²) >= 11 is 0. The number of benzene rings is 2. The molecule has 0 aliphatic rings. The van der Waals surface area contributed by atoms with E-state index in [0.717, 1.165) is 22.7 Å². The summed E-state index contributed by atoms with van der Waals surface area (Å²) in [5.74, 6) is 1.52. The molecule has 0 saturated heterocycles. The monoisotopic (exact) mass is 314 g/mol. The summed E-state index contributed by atoms with van der Waals surface area (Å²) in [5, 5.41) is 5.96. The lowest BCUT2D eigenvalue weighted by Gasteiger charge is -2.10. The Balaban J connectivity index is 1.77. The van der Waals surface area contributed by atoms with Crippen LogP contribution in [0.3, 0.4) is 0 Å². The number of carbonyl (C=O) groups is 1. The molecule has 23 heavy (non-hydrogen) atoms. The van der Waals surface area contributed by atoms with Crippen molar-refractivity contribution >= 4 is 11.6 Å². The maximum Gasteiger partial charge on any atom is 0.239 e. The molecule has 5 nitrogen and oxygen atoms in total. The van der Waals surface area contributed by atoms with E-state index in [1.807, 2.05) is 55.5 Å². The van der Waals surface area contributed by atoms with Gasteiger partial charge in [-0.3, -0.25) is 4.79 Å². The van der Waals surface area contributed by atoms with E-state index in [4.69, 9.17) is 9.47 Å². The van der Waals surface area contributed by atoms with Crippen LogP contribution in [0.4, 0.5) is 5.69 Å². The Morgan fingerprint density at radius 1 is 1.09 bits per heavy atom. The molecule has 0 bridgehead atoms. The molecule has 2 N–H and O–H groups in total. The lowest BCUT2D eigenvalue weighted by Crippen LogP contribution is -2.29.